The molecule has 0 aliphatic carbocycles. The molecule has 0 unspecified atom stereocenters. The van der Waals surface area contributed by atoms with E-state index in [-0.39, 0.29) is 81.9 Å². The third kappa shape index (κ3) is 5.08. The fourth-order valence-corrected chi connectivity index (χ4v) is 7.58. The Morgan fingerprint density at radius 3 is 2.53 bits per heavy atom. The number of carbonyl (C=O) groups excluding carboxylic acids is 1. The number of nitrogens with one attached hydrogen (secondary N) is 1. The fraction of sp³-hybridized carbons (Fsp3) is 0.448. The van der Waals surface area contributed by atoms with Crippen molar-refractivity contribution >= 4 is 49.3 Å². The first-order valence-corrected chi connectivity index (χ1v) is 15.4. The lowest BCUT2D eigenvalue weighted by atomic mass is 9.95. The average molecular weight is 649 g/mol. The van der Waals surface area contributed by atoms with Gasteiger partial charge in [0, 0.05) is 29.6 Å². The summed E-state index contributed by atoms with van der Waals surface area (Å²) in [5.74, 6) is -2.36. The van der Waals surface area contributed by atoms with Crippen molar-refractivity contribution in [2.45, 2.75) is 43.4 Å². The van der Waals surface area contributed by atoms with Crippen molar-refractivity contribution < 1.29 is 31.5 Å². The average Bonchev–Trinajstić information content (AvgIpc) is 3.68. The standard InChI is InChI=1S/C29H29F5N8O2S/c30-18-4-3-15(23-24(18)45-26(36)38-23)20-17(29(32,33)34)9-16-22(21(20)31)39-27(44-13-28-5-1-7-42(28)8-2-6-28)40-25(16)37-14-11-41(12-14)19(43)10-35/h3-4,9,14H,1-2,5-8,10-13,35H2,(H2,36,38)(H,37,39,40). The van der Waals surface area contributed by atoms with Crippen molar-refractivity contribution in [1.82, 2.24) is 24.8 Å². The minimum atomic E-state index is -5.02. The smallest absolute Gasteiger partial charge is 0.417 e. The molecule has 3 fully saturated rings. The molecule has 3 saturated heterocycles. The zero-order valence-electron chi connectivity index (χ0n) is 23.9. The number of nitrogen functional groups attached to an aromatic ring is 1. The number of benzene rings is 2. The molecule has 238 valence electrons. The van der Waals surface area contributed by atoms with Crippen LogP contribution in [0, 0.1) is 11.6 Å². The van der Waals surface area contributed by atoms with Gasteiger partial charge in [-0.25, -0.2) is 13.8 Å². The van der Waals surface area contributed by atoms with Gasteiger partial charge in [-0.1, -0.05) is 11.3 Å². The van der Waals surface area contributed by atoms with Crippen LogP contribution in [-0.4, -0.2) is 81.6 Å². The number of anilines is 2. The van der Waals surface area contributed by atoms with Crippen molar-refractivity contribution in [2.75, 3.05) is 50.4 Å². The van der Waals surface area contributed by atoms with Gasteiger partial charge in [0.2, 0.25) is 5.91 Å². The summed E-state index contributed by atoms with van der Waals surface area (Å²) in [6.45, 7) is 2.43. The summed E-state index contributed by atoms with van der Waals surface area (Å²) >= 11 is 0.753. The number of alkyl halides is 3. The molecule has 0 saturated carbocycles. The molecule has 1 amide bonds. The molecule has 0 atom stereocenters. The Balaban J connectivity index is 1.37. The number of rotatable bonds is 7. The molecule has 3 aliphatic heterocycles. The van der Waals surface area contributed by atoms with Gasteiger partial charge in [0.1, 0.15) is 23.8 Å². The zero-order chi connectivity index (χ0) is 31.7. The largest absolute Gasteiger partial charge is 0.461 e. The van der Waals surface area contributed by atoms with Crippen LogP contribution in [0.25, 0.3) is 32.2 Å². The number of nitrogens with zero attached hydrogens (tertiary/aromatic N) is 5. The van der Waals surface area contributed by atoms with E-state index in [1.54, 1.807) is 0 Å². The zero-order valence-corrected chi connectivity index (χ0v) is 24.7. The number of likely N-dealkylation sites (tertiary alicyclic amines) is 1. The highest BCUT2D eigenvalue weighted by Crippen LogP contribution is 2.46. The predicted molar refractivity (Wildman–Crippen MR) is 159 cm³/mol. The molecule has 0 radical (unpaired) electrons. The molecule has 3 aliphatic rings. The Labute approximate surface area is 257 Å². The van der Waals surface area contributed by atoms with Gasteiger partial charge in [0.25, 0.3) is 0 Å². The second-order valence-electron chi connectivity index (χ2n) is 11.7. The van der Waals surface area contributed by atoms with Gasteiger partial charge in [0.15, 0.2) is 10.9 Å². The van der Waals surface area contributed by atoms with Crippen molar-refractivity contribution in [2.24, 2.45) is 5.73 Å². The van der Waals surface area contributed by atoms with Crippen molar-refractivity contribution in [3.63, 3.8) is 0 Å². The van der Waals surface area contributed by atoms with E-state index in [0.717, 1.165) is 68.3 Å². The van der Waals surface area contributed by atoms with Crippen LogP contribution < -0.4 is 21.5 Å². The number of halogens is 5. The maximum atomic E-state index is 16.6. The molecule has 45 heavy (non-hydrogen) atoms. The molecule has 2 aromatic heterocycles. The summed E-state index contributed by atoms with van der Waals surface area (Å²) in [6.07, 6.45) is -1.15. The highest BCUT2D eigenvalue weighted by molar-refractivity contribution is 7.22. The summed E-state index contributed by atoms with van der Waals surface area (Å²) in [5.41, 5.74) is 7.99. The number of amides is 1. The quantitative estimate of drug-likeness (QED) is 0.250. The molecule has 5 N–H and O–H groups in total. The summed E-state index contributed by atoms with van der Waals surface area (Å²) in [5, 5.41) is 2.76. The van der Waals surface area contributed by atoms with Gasteiger partial charge in [-0.3, -0.25) is 9.69 Å². The molecular weight excluding hydrogens is 619 g/mol. The van der Waals surface area contributed by atoms with Crippen LogP contribution in [-0.2, 0) is 11.0 Å². The van der Waals surface area contributed by atoms with Crippen molar-refractivity contribution in [3.8, 4) is 17.1 Å². The molecule has 10 nitrogen and oxygen atoms in total. The van der Waals surface area contributed by atoms with Gasteiger partial charge < -0.3 is 26.4 Å². The van der Waals surface area contributed by atoms with E-state index in [1.807, 2.05) is 0 Å². The first-order valence-electron chi connectivity index (χ1n) is 14.6. The van der Waals surface area contributed by atoms with Crippen LogP contribution in [0.4, 0.5) is 32.9 Å². The van der Waals surface area contributed by atoms with Gasteiger partial charge >= 0.3 is 12.2 Å². The van der Waals surface area contributed by atoms with Crippen LogP contribution in [0.5, 0.6) is 6.01 Å². The summed E-state index contributed by atoms with van der Waals surface area (Å²) in [6, 6.07) is 2.22. The van der Waals surface area contributed by atoms with Crippen LogP contribution in [0.2, 0.25) is 0 Å². The Kier molecular flexibility index (Phi) is 7.20. The molecule has 0 bridgehead atoms. The van der Waals surface area contributed by atoms with E-state index in [0.29, 0.717) is 0 Å². The van der Waals surface area contributed by atoms with E-state index >= 15 is 4.39 Å². The Hall–Kier alpha value is -3.89. The maximum absolute atomic E-state index is 16.6. The van der Waals surface area contributed by atoms with Gasteiger partial charge in [-0.2, -0.15) is 23.1 Å². The van der Waals surface area contributed by atoms with Gasteiger partial charge in [-0.05, 0) is 57.0 Å². The third-order valence-electron chi connectivity index (χ3n) is 9.03. The Morgan fingerprint density at radius 2 is 1.84 bits per heavy atom. The SMILES string of the molecule is NCC(=O)N1CC(Nc2nc(OCC34CCCN3CCC4)nc3c(F)c(-c4ccc(F)c5sc(N)nc45)c(C(F)(F)F)cc23)C1. The minimum Gasteiger partial charge on any atom is -0.461 e. The molecular formula is C29H29F5N8O2S. The highest BCUT2D eigenvalue weighted by Gasteiger charge is 2.45. The fourth-order valence-electron chi connectivity index (χ4n) is 6.82. The van der Waals surface area contributed by atoms with Crippen LogP contribution >= 0.6 is 11.3 Å². The molecule has 16 heteroatoms. The van der Waals surface area contributed by atoms with E-state index in [4.69, 9.17) is 16.2 Å². The molecule has 2 aromatic carbocycles. The second-order valence-corrected chi connectivity index (χ2v) is 12.8. The third-order valence-corrected chi connectivity index (χ3v) is 9.92. The normalized spacial score (nSPS) is 18.5. The summed E-state index contributed by atoms with van der Waals surface area (Å²) in [7, 11) is 0. The molecule has 4 aromatic rings. The van der Waals surface area contributed by atoms with Crippen LogP contribution in [0.15, 0.2) is 18.2 Å². The lowest BCUT2D eigenvalue weighted by Gasteiger charge is -2.39. The van der Waals surface area contributed by atoms with E-state index in [2.05, 4.69) is 25.2 Å². The predicted octanol–water partition coefficient (Wildman–Crippen LogP) is 4.37. The highest BCUT2D eigenvalue weighted by atomic mass is 32.1. The number of fused-ring (bicyclic) bond motifs is 3. The van der Waals surface area contributed by atoms with Crippen LogP contribution in [0.3, 0.4) is 0 Å². The van der Waals surface area contributed by atoms with E-state index in [1.165, 1.54) is 4.90 Å². The topological polar surface area (TPSA) is 136 Å². The Bertz CT molecular complexity index is 1820. The lowest BCUT2D eigenvalue weighted by Crippen LogP contribution is -2.58. The number of nitrogens with two attached hydrogens (primary N) is 2. The van der Waals surface area contributed by atoms with Crippen LogP contribution in [0.1, 0.15) is 31.2 Å². The van der Waals surface area contributed by atoms with Crippen molar-refractivity contribution in [3.05, 3.63) is 35.4 Å². The number of carbonyl (C=O) groups is 1. The number of hydrogen-bond donors (Lipinski definition) is 3. The van der Waals surface area contributed by atoms with Gasteiger partial charge in [0.05, 0.1) is 33.9 Å². The number of ether oxygens (including phenoxy) is 1. The van der Waals surface area contributed by atoms with E-state index < -0.39 is 34.5 Å². The summed E-state index contributed by atoms with van der Waals surface area (Å²) < 4.78 is 81.1. The van der Waals surface area contributed by atoms with Gasteiger partial charge in [-0.15, -0.1) is 0 Å². The minimum absolute atomic E-state index is 0.0647. The number of hydrogen-bond acceptors (Lipinski definition) is 10. The van der Waals surface area contributed by atoms with Crippen molar-refractivity contribution in [1.29, 1.82) is 0 Å². The lowest BCUT2D eigenvalue weighted by molar-refractivity contribution is -0.137. The molecule has 7 rings (SSSR count). The number of aromatic nitrogens is 3. The first kappa shape index (κ1) is 29.8. The maximum Gasteiger partial charge on any atom is 0.417 e. The summed E-state index contributed by atoms with van der Waals surface area (Å²) in [4.78, 5) is 28.5. The molecule has 5 heterocycles. The second kappa shape index (κ2) is 10.9. The molecule has 0 spiro atoms. The number of thiazole rings is 1. The monoisotopic (exact) mass is 648 g/mol. The first-order chi connectivity index (χ1) is 21.5. The van der Waals surface area contributed by atoms with E-state index in [9.17, 15) is 22.4 Å². The Morgan fingerprint density at radius 1 is 1.11 bits per heavy atom.